The van der Waals surface area contributed by atoms with E-state index < -0.39 is 0 Å². The van der Waals surface area contributed by atoms with Crippen molar-refractivity contribution in [3.05, 3.63) is 75.1 Å². The van der Waals surface area contributed by atoms with Crippen molar-refractivity contribution < 1.29 is 9.18 Å². The number of carbonyl (C=O) groups is 1. The Morgan fingerprint density at radius 3 is 2.48 bits per heavy atom. The Morgan fingerprint density at radius 1 is 1.17 bits per heavy atom. The van der Waals surface area contributed by atoms with E-state index in [1.54, 1.807) is 32.1 Å². The average molecular weight is 331 g/mol. The average Bonchev–Trinajstić information content (AvgIpc) is 2.50. The molecule has 0 aliphatic heterocycles. The lowest BCUT2D eigenvalue weighted by Crippen LogP contribution is -2.08. The highest BCUT2D eigenvalue weighted by Gasteiger charge is 2.17. The zero-order chi connectivity index (χ0) is 17.1. The van der Waals surface area contributed by atoms with E-state index in [2.05, 4.69) is 0 Å². The minimum atomic E-state index is -0.307. The van der Waals surface area contributed by atoms with E-state index in [0.29, 0.717) is 21.7 Å². The van der Waals surface area contributed by atoms with E-state index in [1.807, 2.05) is 26.0 Å². The summed E-state index contributed by atoms with van der Waals surface area (Å²) in [6.45, 7) is 7.46. The highest BCUT2D eigenvalue weighted by molar-refractivity contribution is 6.32. The fourth-order valence-corrected chi connectivity index (χ4v) is 2.90. The van der Waals surface area contributed by atoms with Gasteiger partial charge in [-0.25, -0.2) is 4.39 Å². The van der Waals surface area contributed by atoms with E-state index in [9.17, 15) is 9.18 Å². The second-order valence-corrected chi connectivity index (χ2v) is 6.15. The van der Waals surface area contributed by atoms with Crippen molar-refractivity contribution >= 4 is 23.0 Å². The summed E-state index contributed by atoms with van der Waals surface area (Å²) in [7, 11) is 0. The third-order valence-electron chi connectivity index (χ3n) is 4.16. The lowest BCUT2D eigenvalue weighted by Gasteiger charge is -2.12. The monoisotopic (exact) mass is 330 g/mol. The van der Waals surface area contributed by atoms with Crippen molar-refractivity contribution in [2.45, 2.75) is 34.1 Å². The van der Waals surface area contributed by atoms with Crippen LogP contribution in [0.15, 0.2) is 36.4 Å². The fraction of sp³-hybridized carbons (Fsp3) is 0.250. The Morgan fingerprint density at radius 2 is 1.83 bits per heavy atom. The first-order valence-corrected chi connectivity index (χ1v) is 7.93. The molecule has 1 nitrogen and oxygen atoms in total. The molecule has 0 bridgehead atoms. The largest absolute Gasteiger partial charge is 0.294 e. The third kappa shape index (κ3) is 3.70. The lowest BCUT2D eigenvalue weighted by molar-refractivity contribution is -0.113. The number of benzene rings is 2. The van der Waals surface area contributed by atoms with Gasteiger partial charge in [-0.15, -0.1) is 0 Å². The van der Waals surface area contributed by atoms with Gasteiger partial charge in [0.15, 0.2) is 5.78 Å². The number of carbonyl (C=O) groups excluding carboxylic acids is 1. The summed E-state index contributed by atoms with van der Waals surface area (Å²) in [6.07, 6.45) is 1.94. The molecular weight excluding hydrogens is 311 g/mol. The van der Waals surface area contributed by atoms with Crippen LogP contribution >= 0.6 is 11.6 Å². The van der Waals surface area contributed by atoms with Crippen LogP contribution < -0.4 is 0 Å². The number of hydrogen-bond acceptors (Lipinski definition) is 1. The zero-order valence-electron chi connectivity index (χ0n) is 13.8. The number of ketones is 1. The van der Waals surface area contributed by atoms with Crippen molar-refractivity contribution in [1.82, 2.24) is 0 Å². The molecule has 2 rings (SSSR count). The van der Waals surface area contributed by atoms with Crippen molar-refractivity contribution in [2.75, 3.05) is 0 Å². The van der Waals surface area contributed by atoms with E-state index >= 15 is 0 Å². The molecule has 0 aromatic heterocycles. The number of hydrogen-bond donors (Lipinski definition) is 0. The van der Waals surface area contributed by atoms with Crippen LogP contribution in [0.25, 0.3) is 5.57 Å². The molecule has 0 saturated heterocycles. The number of rotatable bonds is 4. The standard InChI is InChI=1S/C20H20ClFO/c1-5-16(17-7-6-8-19(22)14(17)4)20(23)11-15-9-12(2)13(3)10-18(15)21/h5-10H,11H2,1-4H3/b16-5+. The van der Waals surface area contributed by atoms with Gasteiger partial charge in [-0.3, -0.25) is 4.79 Å². The molecule has 3 heteroatoms. The Balaban J connectivity index is 2.36. The molecule has 0 atom stereocenters. The topological polar surface area (TPSA) is 17.1 Å². The van der Waals surface area contributed by atoms with E-state index in [-0.39, 0.29) is 18.0 Å². The molecular formula is C20H20ClFO. The zero-order valence-corrected chi connectivity index (χ0v) is 14.6. The highest BCUT2D eigenvalue weighted by Crippen LogP contribution is 2.26. The first kappa shape index (κ1) is 17.4. The molecule has 0 amide bonds. The summed E-state index contributed by atoms with van der Waals surface area (Å²) in [5, 5.41) is 0.591. The molecule has 0 saturated carbocycles. The van der Waals surface area contributed by atoms with Crippen molar-refractivity contribution in [3.8, 4) is 0 Å². The predicted molar refractivity (Wildman–Crippen MR) is 94.4 cm³/mol. The van der Waals surface area contributed by atoms with Crippen LogP contribution in [-0.4, -0.2) is 5.78 Å². The van der Waals surface area contributed by atoms with Crippen LogP contribution in [-0.2, 0) is 11.2 Å². The van der Waals surface area contributed by atoms with Crippen LogP contribution in [0.3, 0.4) is 0 Å². The minimum absolute atomic E-state index is 0.0636. The molecule has 0 fully saturated rings. The maximum atomic E-state index is 13.8. The van der Waals surface area contributed by atoms with Crippen LogP contribution in [0.4, 0.5) is 4.39 Å². The summed E-state index contributed by atoms with van der Waals surface area (Å²) in [6, 6.07) is 8.62. The fourth-order valence-electron chi connectivity index (χ4n) is 2.61. The summed E-state index contributed by atoms with van der Waals surface area (Å²) >= 11 is 6.26. The first-order chi connectivity index (χ1) is 10.8. The summed E-state index contributed by atoms with van der Waals surface area (Å²) in [5.41, 5.74) is 4.64. The quantitative estimate of drug-likeness (QED) is 0.665. The maximum absolute atomic E-state index is 13.8. The summed E-state index contributed by atoms with van der Waals surface area (Å²) in [5.74, 6) is -0.370. The third-order valence-corrected chi connectivity index (χ3v) is 4.51. The van der Waals surface area contributed by atoms with Crippen LogP contribution in [0, 0.1) is 26.6 Å². The highest BCUT2D eigenvalue weighted by atomic mass is 35.5. The van der Waals surface area contributed by atoms with Gasteiger partial charge in [-0.1, -0.05) is 35.9 Å². The normalized spacial score (nSPS) is 11.7. The molecule has 120 valence electrons. The number of aryl methyl sites for hydroxylation is 2. The number of halogens is 2. The second-order valence-electron chi connectivity index (χ2n) is 5.74. The van der Waals surface area contributed by atoms with Gasteiger partial charge >= 0.3 is 0 Å². The first-order valence-electron chi connectivity index (χ1n) is 7.55. The molecule has 2 aromatic rings. The van der Waals surface area contributed by atoms with Gasteiger partial charge in [0.05, 0.1) is 0 Å². The van der Waals surface area contributed by atoms with Crippen molar-refractivity contribution in [2.24, 2.45) is 0 Å². The molecule has 0 spiro atoms. The van der Waals surface area contributed by atoms with E-state index in [4.69, 9.17) is 11.6 Å². The lowest BCUT2D eigenvalue weighted by atomic mass is 9.92. The molecule has 0 radical (unpaired) electrons. The molecule has 0 aliphatic rings. The minimum Gasteiger partial charge on any atom is -0.294 e. The molecule has 0 N–H and O–H groups in total. The Kier molecular flexibility index (Phi) is 5.38. The molecule has 23 heavy (non-hydrogen) atoms. The summed E-state index contributed by atoms with van der Waals surface area (Å²) < 4.78 is 13.8. The van der Waals surface area contributed by atoms with Gasteiger partial charge in [-0.2, -0.15) is 0 Å². The smallest absolute Gasteiger partial charge is 0.167 e. The Labute approximate surface area is 141 Å². The SMILES string of the molecule is C/C=C(/C(=O)Cc1cc(C)c(C)cc1Cl)c1cccc(F)c1C. The molecule has 0 aliphatic carbocycles. The molecule has 2 aromatic carbocycles. The molecule has 0 heterocycles. The predicted octanol–water partition coefficient (Wildman–Crippen LogP) is 5.62. The van der Waals surface area contributed by atoms with E-state index in [0.717, 1.165) is 16.7 Å². The second kappa shape index (κ2) is 7.10. The Bertz CT molecular complexity index is 790. The van der Waals surface area contributed by atoms with Gasteiger partial charge in [0.25, 0.3) is 0 Å². The van der Waals surface area contributed by atoms with Gasteiger partial charge in [0.1, 0.15) is 5.82 Å². The van der Waals surface area contributed by atoms with Gasteiger partial charge in [-0.05, 0) is 67.6 Å². The van der Waals surface area contributed by atoms with Crippen molar-refractivity contribution in [3.63, 3.8) is 0 Å². The van der Waals surface area contributed by atoms with Crippen LogP contribution in [0.1, 0.15) is 34.7 Å². The van der Waals surface area contributed by atoms with Gasteiger partial charge in [0.2, 0.25) is 0 Å². The maximum Gasteiger partial charge on any atom is 0.167 e. The number of Topliss-reactive ketones (excluding diaryl/α,β-unsaturated/α-hetero) is 1. The van der Waals surface area contributed by atoms with Crippen LogP contribution in [0.5, 0.6) is 0 Å². The Hall–Kier alpha value is -1.93. The van der Waals surface area contributed by atoms with Gasteiger partial charge < -0.3 is 0 Å². The summed E-state index contributed by atoms with van der Waals surface area (Å²) in [4.78, 5) is 12.7. The van der Waals surface area contributed by atoms with Crippen LogP contribution in [0.2, 0.25) is 5.02 Å². The molecule has 0 unspecified atom stereocenters. The number of allylic oxidation sites excluding steroid dienone is 2. The van der Waals surface area contributed by atoms with Gasteiger partial charge in [0, 0.05) is 17.0 Å². The van der Waals surface area contributed by atoms with E-state index in [1.165, 1.54) is 6.07 Å². The van der Waals surface area contributed by atoms with Crippen molar-refractivity contribution in [1.29, 1.82) is 0 Å².